The molecule has 3 aromatic rings. The zero-order valence-electron chi connectivity index (χ0n) is 19.3. The Hall–Kier alpha value is -4.52. The molecule has 0 radical (unpaired) electrons. The first kappa shape index (κ1) is 25.1. The summed E-state index contributed by atoms with van der Waals surface area (Å²) in [5.41, 5.74) is 2.19. The molecule has 0 heterocycles. The van der Waals surface area contributed by atoms with Crippen LogP contribution in [0.25, 0.3) is 12.2 Å². The van der Waals surface area contributed by atoms with Crippen LogP contribution in [0.2, 0.25) is 0 Å². The standard InChI is InChI=1S/C28H25FO6/c1-33-27-15-19(7-13-25(27)32)5-11-23(30)17-24(31)12-6-20-8-14-26(28(16-20)34-2)35-18-21-3-9-22(29)10-4-21/h3-17,31-32H,18H2,1-2H3/b11-5+,12-6+,24-17-. The van der Waals surface area contributed by atoms with Gasteiger partial charge in [0.1, 0.15) is 18.2 Å². The van der Waals surface area contributed by atoms with Crippen molar-refractivity contribution >= 4 is 17.9 Å². The van der Waals surface area contributed by atoms with E-state index in [1.165, 1.54) is 44.6 Å². The summed E-state index contributed by atoms with van der Waals surface area (Å²) < 4.78 is 29.2. The van der Waals surface area contributed by atoms with Crippen LogP contribution in [0.1, 0.15) is 16.7 Å². The highest BCUT2D eigenvalue weighted by atomic mass is 19.1. The van der Waals surface area contributed by atoms with E-state index in [2.05, 4.69) is 0 Å². The van der Waals surface area contributed by atoms with Gasteiger partial charge in [-0.15, -0.1) is 0 Å². The van der Waals surface area contributed by atoms with Crippen LogP contribution in [0.15, 0.2) is 84.7 Å². The molecule has 0 aliphatic carbocycles. The van der Waals surface area contributed by atoms with Crippen LogP contribution in [0, 0.1) is 5.82 Å². The highest BCUT2D eigenvalue weighted by Gasteiger charge is 2.06. The Bertz CT molecular complexity index is 1260. The third kappa shape index (κ3) is 7.50. The van der Waals surface area contributed by atoms with Gasteiger partial charge in [0.2, 0.25) is 0 Å². The molecule has 0 atom stereocenters. The summed E-state index contributed by atoms with van der Waals surface area (Å²) in [5, 5.41) is 19.7. The first-order valence-corrected chi connectivity index (χ1v) is 10.6. The second kappa shape index (κ2) is 12.1. The van der Waals surface area contributed by atoms with Crippen molar-refractivity contribution < 1.29 is 33.6 Å². The molecule has 2 N–H and O–H groups in total. The number of rotatable bonds is 10. The lowest BCUT2D eigenvalue weighted by atomic mass is 10.1. The second-order valence-electron chi connectivity index (χ2n) is 7.39. The molecular weight excluding hydrogens is 451 g/mol. The SMILES string of the molecule is COc1cc(/C=C/C(=O)/C=C(O)/C=C/c2ccc(OCc3ccc(F)cc3)c(OC)c2)ccc1O. The molecule has 35 heavy (non-hydrogen) atoms. The van der Waals surface area contributed by atoms with E-state index in [1.807, 2.05) is 0 Å². The lowest BCUT2D eigenvalue weighted by Gasteiger charge is -2.11. The topological polar surface area (TPSA) is 85.2 Å². The molecule has 0 aliphatic rings. The number of ether oxygens (including phenoxy) is 3. The van der Waals surface area contributed by atoms with Gasteiger partial charge in [0.25, 0.3) is 0 Å². The number of phenols is 1. The van der Waals surface area contributed by atoms with E-state index >= 15 is 0 Å². The van der Waals surface area contributed by atoms with Crippen LogP contribution in [0.4, 0.5) is 4.39 Å². The van der Waals surface area contributed by atoms with Crippen LogP contribution in [-0.4, -0.2) is 30.2 Å². The monoisotopic (exact) mass is 476 g/mol. The number of carbonyl (C=O) groups is 1. The zero-order valence-corrected chi connectivity index (χ0v) is 19.3. The van der Waals surface area contributed by atoms with Crippen molar-refractivity contribution in [2.45, 2.75) is 6.61 Å². The molecule has 0 aromatic heterocycles. The fourth-order valence-electron chi connectivity index (χ4n) is 3.05. The van der Waals surface area contributed by atoms with E-state index in [9.17, 15) is 19.4 Å². The van der Waals surface area contributed by atoms with Gasteiger partial charge in [0.05, 0.1) is 14.2 Å². The predicted molar refractivity (Wildman–Crippen MR) is 132 cm³/mol. The van der Waals surface area contributed by atoms with E-state index in [0.717, 1.165) is 17.2 Å². The van der Waals surface area contributed by atoms with E-state index in [4.69, 9.17) is 14.2 Å². The van der Waals surface area contributed by atoms with Gasteiger partial charge in [-0.25, -0.2) is 4.39 Å². The summed E-state index contributed by atoms with van der Waals surface area (Å²) in [7, 11) is 2.95. The second-order valence-corrected chi connectivity index (χ2v) is 7.39. The van der Waals surface area contributed by atoms with Gasteiger partial charge >= 0.3 is 0 Å². The predicted octanol–water partition coefficient (Wildman–Crippen LogP) is 5.87. The summed E-state index contributed by atoms with van der Waals surface area (Å²) >= 11 is 0. The fraction of sp³-hybridized carbons (Fsp3) is 0.107. The molecule has 0 fully saturated rings. The summed E-state index contributed by atoms with van der Waals surface area (Å²) in [6.07, 6.45) is 6.95. The van der Waals surface area contributed by atoms with Gasteiger partial charge in [0.15, 0.2) is 28.8 Å². The van der Waals surface area contributed by atoms with Crippen molar-refractivity contribution in [2.24, 2.45) is 0 Å². The minimum Gasteiger partial charge on any atom is -0.508 e. The number of hydrogen-bond donors (Lipinski definition) is 2. The number of methoxy groups -OCH3 is 2. The number of aliphatic hydroxyl groups excluding tert-OH is 1. The molecule has 0 bridgehead atoms. The molecule has 0 spiro atoms. The number of allylic oxidation sites excluding steroid dienone is 3. The van der Waals surface area contributed by atoms with Crippen LogP contribution in [0.3, 0.4) is 0 Å². The Kier molecular flexibility index (Phi) is 8.67. The molecule has 3 aromatic carbocycles. The number of aliphatic hydroxyl groups is 1. The summed E-state index contributed by atoms with van der Waals surface area (Å²) in [4.78, 5) is 12.1. The number of ketones is 1. The fourth-order valence-corrected chi connectivity index (χ4v) is 3.05. The molecule has 0 saturated carbocycles. The smallest absolute Gasteiger partial charge is 0.182 e. The average molecular weight is 477 g/mol. The van der Waals surface area contributed by atoms with Gasteiger partial charge in [-0.3, -0.25) is 4.79 Å². The Labute approximate surface area is 202 Å². The first-order valence-electron chi connectivity index (χ1n) is 10.6. The molecule has 6 nitrogen and oxygen atoms in total. The Morgan fingerprint density at radius 1 is 0.857 bits per heavy atom. The van der Waals surface area contributed by atoms with Crippen molar-refractivity contribution in [3.8, 4) is 23.0 Å². The van der Waals surface area contributed by atoms with E-state index in [-0.39, 0.29) is 23.9 Å². The molecule has 180 valence electrons. The summed E-state index contributed by atoms with van der Waals surface area (Å²) in [6.45, 7) is 0.252. The van der Waals surface area contributed by atoms with E-state index in [0.29, 0.717) is 22.8 Å². The maximum atomic E-state index is 13.0. The largest absolute Gasteiger partial charge is 0.508 e. The maximum Gasteiger partial charge on any atom is 0.182 e. The minimum atomic E-state index is -0.415. The Morgan fingerprint density at radius 2 is 1.49 bits per heavy atom. The number of hydrogen-bond acceptors (Lipinski definition) is 6. The van der Waals surface area contributed by atoms with Crippen molar-refractivity contribution in [1.82, 2.24) is 0 Å². The molecule has 7 heteroatoms. The molecule has 0 saturated heterocycles. The van der Waals surface area contributed by atoms with Crippen LogP contribution in [-0.2, 0) is 11.4 Å². The zero-order chi connectivity index (χ0) is 25.2. The van der Waals surface area contributed by atoms with Crippen molar-refractivity contribution in [1.29, 1.82) is 0 Å². The van der Waals surface area contributed by atoms with Crippen molar-refractivity contribution in [3.63, 3.8) is 0 Å². The molecule has 0 amide bonds. The van der Waals surface area contributed by atoms with Gasteiger partial charge in [0, 0.05) is 6.08 Å². The average Bonchev–Trinajstić information content (AvgIpc) is 2.86. The molecule has 0 aliphatic heterocycles. The number of benzene rings is 3. The minimum absolute atomic E-state index is 0.00255. The number of phenolic OH excluding ortho intramolecular Hbond substituents is 1. The quantitative estimate of drug-likeness (QED) is 0.216. The normalized spacial score (nSPS) is 11.7. The highest BCUT2D eigenvalue weighted by Crippen LogP contribution is 2.29. The van der Waals surface area contributed by atoms with Gasteiger partial charge in [-0.05, 0) is 65.2 Å². The van der Waals surface area contributed by atoms with Crippen molar-refractivity contribution in [3.05, 3.63) is 107 Å². The molecule has 0 unspecified atom stereocenters. The summed E-state index contributed by atoms with van der Waals surface area (Å²) in [5.74, 6) is 0.349. The maximum absolute atomic E-state index is 13.0. The third-order valence-corrected chi connectivity index (χ3v) is 4.88. The van der Waals surface area contributed by atoms with Gasteiger partial charge < -0.3 is 24.4 Å². The van der Waals surface area contributed by atoms with E-state index in [1.54, 1.807) is 54.6 Å². The number of aromatic hydroxyl groups is 1. The lowest BCUT2D eigenvalue weighted by Crippen LogP contribution is -1.98. The van der Waals surface area contributed by atoms with Crippen molar-refractivity contribution in [2.75, 3.05) is 14.2 Å². The van der Waals surface area contributed by atoms with Crippen LogP contribution in [0.5, 0.6) is 23.0 Å². The van der Waals surface area contributed by atoms with E-state index < -0.39 is 5.78 Å². The molecular formula is C28H25FO6. The van der Waals surface area contributed by atoms with Gasteiger partial charge in [-0.1, -0.05) is 36.4 Å². The van der Waals surface area contributed by atoms with Crippen LogP contribution < -0.4 is 14.2 Å². The Balaban J connectivity index is 1.62. The third-order valence-electron chi connectivity index (χ3n) is 4.88. The summed E-state index contributed by atoms with van der Waals surface area (Å²) in [6, 6.07) is 15.9. The Morgan fingerprint density at radius 3 is 2.17 bits per heavy atom. The van der Waals surface area contributed by atoms with Crippen LogP contribution >= 0.6 is 0 Å². The number of halogens is 1. The lowest BCUT2D eigenvalue weighted by molar-refractivity contribution is -0.110. The highest BCUT2D eigenvalue weighted by molar-refractivity contribution is 6.02. The number of carbonyl (C=O) groups excluding carboxylic acids is 1. The molecule has 3 rings (SSSR count). The first-order chi connectivity index (χ1) is 16.9. The van der Waals surface area contributed by atoms with Gasteiger partial charge in [-0.2, -0.15) is 0 Å².